The lowest BCUT2D eigenvalue weighted by Crippen LogP contribution is -2.07. The Labute approximate surface area is 168 Å². The molecule has 0 aromatic heterocycles. The van der Waals surface area contributed by atoms with E-state index in [1.807, 2.05) is 26.0 Å². The zero-order valence-electron chi connectivity index (χ0n) is 15.8. The highest BCUT2D eigenvalue weighted by atomic mass is 35.5. The maximum absolute atomic E-state index is 12.3. The standard InChI is InChI=1S/C21H20ClNO5/c1-4-26-17-9-7-6-8-14(17)20-23-16(21(24)28-20)11-13-10-15(22)19(27-5-2)18(12-13)25-3/h6-12H,4-5H2,1-3H3/b16-11-. The van der Waals surface area contributed by atoms with Gasteiger partial charge in [-0.05, 0) is 49.8 Å². The lowest BCUT2D eigenvalue weighted by molar-refractivity contribution is -0.129. The second kappa shape index (κ2) is 8.80. The summed E-state index contributed by atoms with van der Waals surface area (Å²) in [7, 11) is 1.52. The molecule has 0 bridgehead atoms. The number of methoxy groups -OCH3 is 1. The van der Waals surface area contributed by atoms with Gasteiger partial charge in [-0.2, -0.15) is 0 Å². The lowest BCUT2D eigenvalue weighted by atomic mass is 10.1. The molecule has 3 rings (SSSR count). The summed E-state index contributed by atoms with van der Waals surface area (Å²) >= 11 is 6.29. The number of ether oxygens (including phenoxy) is 4. The molecule has 0 aliphatic carbocycles. The van der Waals surface area contributed by atoms with Gasteiger partial charge in [0.2, 0.25) is 5.90 Å². The first kappa shape index (κ1) is 19.8. The Morgan fingerprint density at radius 2 is 1.86 bits per heavy atom. The van der Waals surface area contributed by atoms with Crippen molar-refractivity contribution in [2.75, 3.05) is 20.3 Å². The van der Waals surface area contributed by atoms with Gasteiger partial charge in [0, 0.05) is 0 Å². The monoisotopic (exact) mass is 401 g/mol. The average Bonchev–Trinajstić information content (AvgIpc) is 3.04. The number of esters is 1. The van der Waals surface area contributed by atoms with Gasteiger partial charge in [0.05, 0.1) is 30.9 Å². The molecule has 28 heavy (non-hydrogen) atoms. The molecule has 2 aromatic rings. The van der Waals surface area contributed by atoms with Crippen molar-refractivity contribution in [3.05, 3.63) is 58.2 Å². The van der Waals surface area contributed by atoms with Crippen molar-refractivity contribution >= 4 is 29.5 Å². The number of cyclic esters (lactones) is 1. The second-order valence-electron chi connectivity index (χ2n) is 5.73. The van der Waals surface area contributed by atoms with Crippen LogP contribution in [0.3, 0.4) is 0 Å². The number of benzene rings is 2. The molecule has 1 aliphatic heterocycles. The number of aliphatic imine (C=N–C) groups is 1. The summed E-state index contributed by atoms with van der Waals surface area (Å²) in [4.78, 5) is 16.6. The van der Waals surface area contributed by atoms with Crippen molar-refractivity contribution in [2.45, 2.75) is 13.8 Å². The third-order valence-electron chi connectivity index (χ3n) is 3.88. The Bertz CT molecular complexity index is 952. The molecule has 7 heteroatoms. The summed E-state index contributed by atoms with van der Waals surface area (Å²) < 4.78 is 21.8. The van der Waals surface area contributed by atoms with Gasteiger partial charge < -0.3 is 18.9 Å². The molecule has 2 aromatic carbocycles. The molecule has 6 nitrogen and oxygen atoms in total. The fourth-order valence-corrected chi connectivity index (χ4v) is 2.99. The van der Waals surface area contributed by atoms with Crippen LogP contribution in [0.5, 0.6) is 17.2 Å². The normalized spacial score (nSPS) is 14.6. The fraction of sp³-hybridized carbons (Fsp3) is 0.238. The van der Waals surface area contributed by atoms with E-state index >= 15 is 0 Å². The van der Waals surface area contributed by atoms with Gasteiger partial charge in [-0.1, -0.05) is 23.7 Å². The molecule has 0 atom stereocenters. The predicted molar refractivity (Wildman–Crippen MR) is 107 cm³/mol. The first-order valence-electron chi connectivity index (χ1n) is 8.82. The van der Waals surface area contributed by atoms with Crippen molar-refractivity contribution in [1.29, 1.82) is 0 Å². The zero-order valence-corrected chi connectivity index (χ0v) is 16.6. The van der Waals surface area contributed by atoms with Crippen molar-refractivity contribution in [3.8, 4) is 17.2 Å². The minimum Gasteiger partial charge on any atom is -0.493 e. The van der Waals surface area contributed by atoms with Crippen molar-refractivity contribution < 1.29 is 23.7 Å². The number of nitrogens with zero attached hydrogens (tertiary/aromatic N) is 1. The van der Waals surface area contributed by atoms with Crippen LogP contribution in [0.1, 0.15) is 25.0 Å². The topological polar surface area (TPSA) is 66.3 Å². The van der Waals surface area contributed by atoms with Crippen molar-refractivity contribution in [1.82, 2.24) is 0 Å². The first-order chi connectivity index (χ1) is 13.6. The van der Waals surface area contributed by atoms with Gasteiger partial charge in [0.25, 0.3) is 0 Å². The van der Waals surface area contributed by atoms with Gasteiger partial charge in [0.1, 0.15) is 5.75 Å². The predicted octanol–water partition coefficient (Wildman–Crippen LogP) is 4.49. The Hall–Kier alpha value is -2.99. The SMILES string of the molecule is CCOc1ccccc1C1=N/C(=C\c2cc(Cl)c(OCC)c(OC)c2)C(=O)O1. The van der Waals surface area contributed by atoms with Crippen LogP contribution < -0.4 is 14.2 Å². The molecule has 0 N–H and O–H groups in total. The molecule has 0 radical (unpaired) electrons. The minimum absolute atomic E-state index is 0.156. The van der Waals surface area contributed by atoms with Crippen molar-refractivity contribution in [3.63, 3.8) is 0 Å². The van der Waals surface area contributed by atoms with Crippen LogP contribution in [-0.4, -0.2) is 32.2 Å². The Morgan fingerprint density at radius 3 is 2.57 bits per heavy atom. The van der Waals surface area contributed by atoms with Gasteiger partial charge in [0.15, 0.2) is 17.2 Å². The molecule has 1 heterocycles. The highest BCUT2D eigenvalue weighted by Crippen LogP contribution is 2.37. The molecular weight excluding hydrogens is 382 g/mol. The van der Waals surface area contributed by atoms with Crippen molar-refractivity contribution in [2.24, 2.45) is 4.99 Å². The van der Waals surface area contributed by atoms with E-state index in [1.54, 1.807) is 30.3 Å². The molecule has 0 saturated carbocycles. The summed E-state index contributed by atoms with van der Waals surface area (Å²) in [5.74, 6) is 1.18. The molecular formula is C21H20ClNO5. The number of hydrogen-bond acceptors (Lipinski definition) is 6. The van der Waals surface area contributed by atoms with Crippen LogP contribution in [0, 0.1) is 0 Å². The Morgan fingerprint density at radius 1 is 1.11 bits per heavy atom. The summed E-state index contributed by atoms with van der Waals surface area (Å²) in [6.45, 7) is 4.69. The molecule has 0 fully saturated rings. The van der Waals surface area contributed by atoms with Crippen LogP contribution in [0.2, 0.25) is 5.02 Å². The van der Waals surface area contributed by atoms with E-state index in [0.717, 1.165) is 0 Å². The number of halogens is 1. The third-order valence-corrected chi connectivity index (χ3v) is 4.16. The Balaban J connectivity index is 1.97. The van der Waals surface area contributed by atoms with Gasteiger partial charge in [-0.25, -0.2) is 9.79 Å². The number of hydrogen-bond donors (Lipinski definition) is 0. The van der Waals surface area contributed by atoms with Crippen LogP contribution >= 0.6 is 11.6 Å². The summed E-state index contributed by atoms with van der Waals surface area (Å²) in [6.07, 6.45) is 1.59. The molecule has 0 unspecified atom stereocenters. The second-order valence-corrected chi connectivity index (χ2v) is 6.14. The first-order valence-corrected chi connectivity index (χ1v) is 9.20. The maximum atomic E-state index is 12.3. The van der Waals surface area contributed by atoms with E-state index < -0.39 is 5.97 Å². The van der Waals surface area contributed by atoms with Gasteiger partial charge in [-0.3, -0.25) is 0 Å². The maximum Gasteiger partial charge on any atom is 0.363 e. The summed E-state index contributed by atoms with van der Waals surface area (Å²) in [5, 5.41) is 0.380. The van der Waals surface area contributed by atoms with Crippen LogP contribution in [0.15, 0.2) is 47.1 Å². The number of rotatable bonds is 7. The van der Waals surface area contributed by atoms with Crippen LogP contribution in [0.25, 0.3) is 6.08 Å². The Kier molecular flexibility index (Phi) is 6.21. The van der Waals surface area contributed by atoms with E-state index in [2.05, 4.69) is 4.99 Å². The van der Waals surface area contributed by atoms with Gasteiger partial charge in [-0.15, -0.1) is 0 Å². The molecule has 1 aliphatic rings. The molecule has 0 saturated heterocycles. The molecule has 146 valence electrons. The van der Waals surface area contributed by atoms with E-state index in [4.69, 9.17) is 30.5 Å². The quantitative estimate of drug-likeness (QED) is 0.505. The van der Waals surface area contributed by atoms with E-state index in [9.17, 15) is 4.79 Å². The summed E-state index contributed by atoms with van der Waals surface area (Å²) in [5.41, 5.74) is 1.41. The largest absolute Gasteiger partial charge is 0.493 e. The van der Waals surface area contributed by atoms with E-state index in [1.165, 1.54) is 7.11 Å². The van der Waals surface area contributed by atoms with E-state index in [-0.39, 0.29) is 11.6 Å². The third kappa shape index (κ3) is 4.12. The lowest BCUT2D eigenvalue weighted by Gasteiger charge is -2.11. The molecule has 0 spiro atoms. The fourth-order valence-electron chi connectivity index (χ4n) is 2.71. The van der Waals surface area contributed by atoms with E-state index in [0.29, 0.717) is 46.6 Å². The highest BCUT2D eigenvalue weighted by molar-refractivity contribution is 6.32. The molecule has 0 amide bonds. The van der Waals surface area contributed by atoms with Crippen LogP contribution in [0.4, 0.5) is 0 Å². The number of carbonyl (C=O) groups excluding carboxylic acids is 1. The zero-order chi connectivity index (χ0) is 20.1. The minimum atomic E-state index is -0.551. The smallest absolute Gasteiger partial charge is 0.363 e. The number of para-hydroxylation sites is 1. The van der Waals surface area contributed by atoms with Gasteiger partial charge >= 0.3 is 5.97 Å². The number of carbonyl (C=O) groups is 1. The average molecular weight is 402 g/mol. The summed E-state index contributed by atoms with van der Waals surface area (Å²) in [6, 6.07) is 10.7. The highest BCUT2D eigenvalue weighted by Gasteiger charge is 2.26. The van der Waals surface area contributed by atoms with Crippen LogP contribution in [-0.2, 0) is 9.53 Å².